The minimum absolute atomic E-state index is 0.0000623. The van der Waals surface area contributed by atoms with E-state index in [0.29, 0.717) is 31.7 Å². The van der Waals surface area contributed by atoms with Crippen molar-refractivity contribution in [2.75, 3.05) is 26.2 Å². The van der Waals surface area contributed by atoms with E-state index >= 15 is 0 Å². The van der Waals surface area contributed by atoms with Gasteiger partial charge in [0.05, 0.1) is 21.3 Å². The summed E-state index contributed by atoms with van der Waals surface area (Å²) in [5.41, 5.74) is 5.30. The van der Waals surface area contributed by atoms with Crippen molar-refractivity contribution in [1.29, 1.82) is 0 Å². The van der Waals surface area contributed by atoms with Crippen LogP contribution in [-0.2, 0) is 4.79 Å². The summed E-state index contributed by atoms with van der Waals surface area (Å²) in [4.78, 5) is 31.6. The van der Waals surface area contributed by atoms with Crippen LogP contribution in [0.3, 0.4) is 0 Å². The van der Waals surface area contributed by atoms with E-state index in [1.165, 1.54) is 0 Å². The highest BCUT2D eigenvalue weighted by Crippen LogP contribution is 2.32. The van der Waals surface area contributed by atoms with Gasteiger partial charge in [-0.1, -0.05) is 18.2 Å². The first kappa shape index (κ1) is 19.2. The average molecular weight is 421 g/mol. The van der Waals surface area contributed by atoms with E-state index in [4.69, 9.17) is 0 Å². The van der Waals surface area contributed by atoms with E-state index in [0.717, 1.165) is 40.6 Å². The molecule has 1 aliphatic heterocycles. The van der Waals surface area contributed by atoms with Gasteiger partial charge in [-0.15, -0.1) is 11.3 Å². The summed E-state index contributed by atoms with van der Waals surface area (Å²) in [5, 5.41) is 6.39. The lowest BCUT2D eigenvalue weighted by molar-refractivity contribution is -0.130. The molecular formula is C23H24N4O2S. The Morgan fingerprint density at radius 3 is 2.57 bits per heavy atom. The molecule has 1 saturated carbocycles. The van der Waals surface area contributed by atoms with Crippen molar-refractivity contribution < 1.29 is 9.59 Å². The second kappa shape index (κ2) is 7.81. The van der Waals surface area contributed by atoms with Gasteiger partial charge in [0.1, 0.15) is 0 Å². The van der Waals surface area contributed by atoms with E-state index in [1.807, 2.05) is 40.7 Å². The number of nitrogens with one attached hydrogen (secondary N) is 2. The average Bonchev–Trinajstić information content (AvgIpc) is 3.23. The molecule has 5 rings (SSSR count). The van der Waals surface area contributed by atoms with Gasteiger partial charge in [0.15, 0.2) is 0 Å². The Bertz CT molecular complexity index is 1090. The third-order valence-electron chi connectivity index (χ3n) is 6.24. The fourth-order valence-electron chi connectivity index (χ4n) is 4.26. The molecule has 154 valence electrons. The van der Waals surface area contributed by atoms with Gasteiger partial charge in [0.2, 0.25) is 5.91 Å². The summed E-state index contributed by atoms with van der Waals surface area (Å²) >= 11 is 1.63. The van der Waals surface area contributed by atoms with E-state index in [2.05, 4.69) is 27.8 Å². The highest BCUT2D eigenvalue weighted by atomic mass is 32.1. The summed E-state index contributed by atoms with van der Waals surface area (Å²) in [7, 11) is 0. The second-order valence-electron chi connectivity index (χ2n) is 8.02. The van der Waals surface area contributed by atoms with Crippen LogP contribution < -0.4 is 10.6 Å². The zero-order valence-corrected chi connectivity index (χ0v) is 17.5. The second-order valence-corrected chi connectivity index (χ2v) is 8.91. The van der Waals surface area contributed by atoms with Crippen LogP contribution in [-0.4, -0.2) is 53.4 Å². The standard InChI is InChI=1S/C23H24N4O2S/c28-21(27-12-10-24-22(29)23(8-1-9-23)26-11-13-27)17-4-2-16(3-5-17)18-6-7-19-20(14-18)30-15-25-19/h2-7,14-15,26H,1,8-13H2,(H,24,29). The van der Waals surface area contributed by atoms with Crippen LogP contribution in [0.25, 0.3) is 21.3 Å². The van der Waals surface area contributed by atoms with Gasteiger partial charge in [-0.25, -0.2) is 4.98 Å². The SMILES string of the molecule is O=C(c1ccc(-c2ccc3ncsc3c2)cc1)N1CCNC(=O)C2(CCC2)NCC1. The number of nitrogens with zero attached hydrogens (tertiary/aromatic N) is 2. The van der Waals surface area contributed by atoms with Crippen LogP contribution in [0.5, 0.6) is 0 Å². The van der Waals surface area contributed by atoms with Crippen molar-refractivity contribution in [3.05, 3.63) is 53.5 Å². The van der Waals surface area contributed by atoms with Crippen LogP contribution >= 0.6 is 11.3 Å². The maximum Gasteiger partial charge on any atom is 0.253 e. The predicted molar refractivity (Wildman–Crippen MR) is 119 cm³/mol. The highest BCUT2D eigenvalue weighted by molar-refractivity contribution is 7.16. The molecule has 0 atom stereocenters. The highest BCUT2D eigenvalue weighted by Gasteiger charge is 2.43. The number of hydrogen-bond acceptors (Lipinski definition) is 5. The number of aromatic nitrogens is 1. The fourth-order valence-corrected chi connectivity index (χ4v) is 4.97. The smallest absolute Gasteiger partial charge is 0.253 e. The van der Waals surface area contributed by atoms with Crippen molar-refractivity contribution >= 4 is 33.4 Å². The number of carbonyl (C=O) groups excluding carboxylic acids is 2. The Balaban J connectivity index is 1.30. The summed E-state index contributed by atoms with van der Waals surface area (Å²) < 4.78 is 1.16. The van der Waals surface area contributed by atoms with Gasteiger partial charge >= 0.3 is 0 Å². The molecule has 2 amide bonds. The largest absolute Gasteiger partial charge is 0.353 e. The zero-order valence-electron chi connectivity index (χ0n) is 16.7. The van der Waals surface area contributed by atoms with Gasteiger partial charge < -0.3 is 15.5 Å². The molecule has 7 heteroatoms. The number of rotatable bonds is 2. The minimum Gasteiger partial charge on any atom is -0.353 e. The molecule has 3 aromatic rings. The Morgan fingerprint density at radius 1 is 1.03 bits per heavy atom. The molecule has 1 saturated heterocycles. The molecule has 2 N–H and O–H groups in total. The van der Waals surface area contributed by atoms with Gasteiger partial charge in [0.25, 0.3) is 5.91 Å². The molecule has 2 fully saturated rings. The first-order valence-electron chi connectivity index (χ1n) is 10.4. The lowest BCUT2D eigenvalue weighted by Crippen LogP contribution is -2.61. The van der Waals surface area contributed by atoms with Crippen molar-refractivity contribution in [1.82, 2.24) is 20.5 Å². The first-order chi connectivity index (χ1) is 14.6. The van der Waals surface area contributed by atoms with Crippen LogP contribution in [0.15, 0.2) is 48.0 Å². The topological polar surface area (TPSA) is 74.3 Å². The van der Waals surface area contributed by atoms with Crippen LogP contribution in [0.2, 0.25) is 0 Å². The van der Waals surface area contributed by atoms with Gasteiger partial charge in [-0.05, 0) is 54.7 Å². The molecule has 0 unspecified atom stereocenters. The Hall–Kier alpha value is -2.77. The summed E-state index contributed by atoms with van der Waals surface area (Å²) in [6.07, 6.45) is 2.83. The number of amides is 2. The van der Waals surface area contributed by atoms with Crippen LogP contribution in [0, 0.1) is 0 Å². The molecule has 2 aromatic carbocycles. The van der Waals surface area contributed by atoms with E-state index < -0.39 is 5.54 Å². The number of carbonyl (C=O) groups is 2. The Kier molecular flexibility index (Phi) is 5.00. The number of benzene rings is 2. The Morgan fingerprint density at radius 2 is 1.80 bits per heavy atom. The molecule has 30 heavy (non-hydrogen) atoms. The molecule has 2 heterocycles. The van der Waals surface area contributed by atoms with Gasteiger partial charge in [-0.3, -0.25) is 9.59 Å². The molecule has 0 radical (unpaired) electrons. The van der Waals surface area contributed by atoms with Gasteiger partial charge in [-0.2, -0.15) is 0 Å². The monoisotopic (exact) mass is 420 g/mol. The summed E-state index contributed by atoms with van der Waals surface area (Å²) in [6.45, 7) is 2.23. The van der Waals surface area contributed by atoms with Crippen molar-refractivity contribution in [3.8, 4) is 11.1 Å². The third-order valence-corrected chi connectivity index (χ3v) is 7.03. The van der Waals surface area contributed by atoms with Crippen LogP contribution in [0.1, 0.15) is 29.6 Å². The van der Waals surface area contributed by atoms with E-state index in [9.17, 15) is 9.59 Å². The lowest BCUT2D eigenvalue weighted by Gasteiger charge is -2.40. The van der Waals surface area contributed by atoms with Crippen molar-refractivity contribution in [3.63, 3.8) is 0 Å². The van der Waals surface area contributed by atoms with Crippen molar-refractivity contribution in [2.24, 2.45) is 0 Å². The third kappa shape index (κ3) is 3.48. The molecular weight excluding hydrogens is 396 g/mol. The molecule has 1 aliphatic carbocycles. The molecule has 6 nitrogen and oxygen atoms in total. The molecule has 1 spiro atoms. The summed E-state index contributed by atoms with van der Waals surface area (Å²) in [5.74, 6) is 0.0744. The van der Waals surface area contributed by atoms with E-state index in [-0.39, 0.29) is 11.8 Å². The van der Waals surface area contributed by atoms with E-state index in [1.54, 1.807) is 11.3 Å². The minimum atomic E-state index is -0.417. The maximum absolute atomic E-state index is 13.1. The van der Waals surface area contributed by atoms with Crippen LogP contribution in [0.4, 0.5) is 0 Å². The maximum atomic E-state index is 13.1. The quantitative estimate of drug-likeness (QED) is 0.668. The molecule has 2 aliphatic rings. The predicted octanol–water partition coefficient (Wildman–Crippen LogP) is 3.05. The fraction of sp³-hybridized carbons (Fsp3) is 0.348. The number of hydrogen-bond donors (Lipinski definition) is 2. The zero-order chi connectivity index (χ0) is 20.6. The molecule has 0 bridgehead atoms. The normalized spacial score (nSPS) is 18.9. The number of fused-ring (bicyclic) bond motifs is 1. The Labute approximate surface area is 179 Å². The lowest BCUT2D eigenvalue weighted by atomic mass is 9.76. The summed E-state index contributed by atoms with van der Waals surface area (Å²) in [6, 6.07) is 14.0. The number of thiazole rings is 1. The molecule has 1 aromatic heterocycles. The first-order valence-corrected chi connectivity index (χ1v) is 11.3. The van der Waals surface area contributed by atoms with Gasteiger partial charge in [0, 0.05) is 31.7 Å². The van der Waals surface area contributed by atoms with Crippen molar-refractivity contribution in [2.45, 2.75) is 24.8 Å².